The van der Waals surface area contributed by atoms with Gasteiger partial charge in [0.25, 0.3) is 5.56 Å². The van der Waals surface area contributed by atoms with E-state index in [-0.39, 0.29) is 12.1 Å². The highest BCUT2D eigenvalue weighted by molar-refractivity contribution is 5.32. The van der Waals surface area contributed by atoms with Gasteiger partial charge in [-0.05, 0) is 49.4 Å². The van der Waals surface area contributed by atoms with E-state index < -0.39 is 17.4 Å². The van der Waals surface area contributed by atoms with Crippen LogP contribution in [0.1, 0.15) is 54.2 Å². The number of alkyl halides is 3. The van der Waals surface area contributed by atoms with Gasteiger partial charge < -0.3 is 10.3 Å². The summed E-state index contributed by atoms with van der Waals surface area (Å²) >= 11 is 0. The number of halogens is 3. The van der Waals surface area contributed by atoms with Gasteiger partial charge in [0.15, 0.2) is 0 Å². The Bertz CT molecular complexity index is 782. The predicted octanol–water partition coefficient (Wildman–Crippen LogP) is 4.12. The SMILES string of the molecule is C[C@@H](N[C@H]1CCCc2ccccc21)c1ccc(C(F)(F)F)[nH]c1=O. The molecule has 3 nitrogen and oxygen atoms in total. The van der Waals surface area contributed by atoms with Crippen molar-refractivity contribution in [2.24, 2.45) is 0 Å². The van der Waals surface area contributed by atoms with Crippen molar-refractivity contribution in [3.8, 4) is 0 Å². The van der Waals surface area contributed by atoms with E-state index in [9.17, 15) is 18.0 Å². The number of aromatic amines is 1. The van der Waals surface area contributed by atoms with E-state index in [1.54, 1.807) is 6.92 Å². The summed E-state index contributed by atoms with van der Waals surface area (Å²) in [6.07, 6.45) is -1.52. The maximum atomic E-state index is 12.7. The third-order valence-corrected chi connectivity index (χ3v) is 4.53. The van der Waals surface area contributed by atoms with E-state index in [2.05, 4.69) is 17.4 Å². The van der Waals surface area contributed by atoms with Gasteiger partial charge in [0.1, 0.15) is 5.69 Å². The van der Waals surface area contributed by atoms with Crippen LogP contribution in [0.2, 0.25) is 0 Å². The summed E-state index contributed by atoms with van der Waals surface area (Å²) in [7, 11) is 0. The summed E-state index contributed by atoms with van der Waals surface area (Å²) in [4.78, 5) is 14.0. The predicted molar refractivity (Wildman–Crippen MR) is 85.7 cm³/mol. The Morgan fingerprint density at radius 3 is 2.67 bits per heavy atom. The molecule has 0 saturated heterocycles. The Hall–Kier alpha value is -2.08. The van der Waals surface area contributed by atoms with Crippen molar-refractivity contribution < 1.29 is 13.2 Å². The number of nitrogens with one attached hydrogen (secondary N) is 2. The van der Waals surface area contributed by atoms with Crippen molar-refractivity contribution in [3.63, 3.8) is 0 Å². The molecule has 0 aliphatic heterocycles. The monoisotopic (exact) mass is 336 g/mol. The van der Waals surface area contributed by atoms with Crippen LogP contribution in [0.3, 0.4) is 0 Å². The van der Waals surface area contributed by atoms with Gasteiger partial charge in [0.05, 0.1) is 0 Å². The van der Waals surface area contributed by atoms with Gasteiger partial charge in [-0.15, -0.1) is 0 Å². The van der Waals surface area contributed by atoms with Crippen LogP contribution in [0, 0.1) is 0 Å². The van der Waals surface area contributed by atoms with Crippen LogP contribution in [0.15, 0.2) is 41.2 Å². The molecule has 1 heterocycles. The maximum Gasteiger partial charge on any atom is 0.431 e. The van der Waals surface area contributed by atoms with E-state index in [0.717, 1.165) is 25.3 Å². The Morgan fingerprint density at radius 2 is 1.96 bits per heavy atom. The van der Waals surface area contributed by atoms with Crippen LogP contribution in [-0.2, 0) is 12.6 Å². The summed E-state index contributed by atoms with van der Waals surface area (Å²) in [5.74, 6) is 0. The second-order valence-corrected chi connectivity index (χ2v) is 6.19. The number of fused-ring (bicyclic) bond motifs is 1. The molecule has 128 valence electrons. The molecule has 1 aromatic carbocycles. The minimum atomic E-state index is -4.54. The normalized spacial score (nSPS) is 18.9. The van der Waals surface area contributed by atoms with E-state index >= 15 is 0 Å². The Kier molecular flexibility index (Phi) is 4.49. The molecule has 0 radical (unpaired) electrons. The molecule has 0 fully saturated rings. The van der Waals surface area contributed by atoms with Crippen molar-refractivity contribution >= 4 is 0 Å². The smallest absolute Gasteiger partial charge is 0.318 e. The third-order valence-electron chi connectivity index (χ3n) is 4.53. The number of hydrogen-bond donors (Lipinski definition) is 2. The lowest BCUT2D eigenvalue weighted by molar-refractivity contribution is -0.141. The fraction of sp³-hybridized carbons (Fsp3) is 0.389. The second kappa shape index (κ2) is 6.43. The zero-order chi connectivity index (χ0) is 17.3. The van der Waals surface area contributed by atoms with Gasteiger partial charge >= 0.3 is 6.18 Å². The molecule has 3 rings (SSSR count). The van der Waals surface area contributed by atoms with Gasteiger partial charge in [0.2, 0.25) is 0 Å². The first-order valence-corrected chi connectivity index (χ1v) is 8.00. The molecule has 1 aliphatic carbocycles. The number of hydrogen-bond acceptors (Lipinski definition) is 2. The quantitative estimate of drug-likeness (QED) is 0.885. The first-order chi connectivity index (χ1) is 11.4. The molecule has 0 saturated carbocycles. The average Bonchev–Trinajstić information content (AvgIpc) is 2.54. The second-order valence-electron chi connectivity index (χ2n) is 6.19. The molecule has 2 atom stereocenters. The highest BCUT2D eigenvalue weighted by Gasteiger charge is 2.32. The molecule has 0 bridgehead atoms. The third kappa shape index (κ3) is 3.38. The lowest BCUT2D eigenvalue weighted by Crippen LogP contribution is -2.31. The van der Waals surface area contributed by atoms with Crippen LogP contribution < -0.4 is 10.9 Å². The van der Waals surface area contributed by atoms with Gasteiger partial charge in [-0.2, -0.15) is 13.2 Å². The summed E-state index contributed by atoms with van der Waals surface area (Å²) < 4.78 is 38.0. The highest BCUT2D eigenvalue weighted by atomic mass is 19.4. The minimum absolute atomic E-state index is 0.103. The number of H-pyrrole nitrogens is 1. The lowest BCUT2D eigenvalue weighted by atomic mass is 9.87. The molecule has 1 aromatic heterocycles. The molecule has 6 heteroatoms. The largest absolute Gasteiger partial charge is 0.431 e. The Morgan fingerprint density at radius 1 is 1.21 bits per heavy atom. The van der Waals surface area contributed by atoms with Gasteiger partial charge in [-0.25, -0.2) is 0 Å². The van der Waals surface area contributed by atoms with Crippen molar-refractivity contribution in [2.45, 2.75) is 44.4 Å². The minimum Gasteiger partial charge on any atom is -0.318 e. The van der Waals surface area contributed by atoms with Gasteiger partial charge in [-0.3, -0.25) is 4.79 Å². The number of aryl methyl sites for hydroxylation is 1. The van der Waals surface area contributed by atoms with E-state index in [1.165, 1.54) is 17.2 Å². The van der Waals surface area contributed by atoms with E-state index in [1.807, 2.05) is 17.1 Å². The zero-order valence-corrected chi connectivity index (χ0v) is 13.3. The standard InChI is InChI=1S/C18H19F3N2O/c1-11(13-9-10-16(18(19,20)21)23-17(13)24)22-15-8-4-6-12-5-2-3-7-14(12)15/h2-3,5,7,9-11,15,22H,4,6,8H2,1H3,(H,23,24)/t11-,15+/m1/s1. The maximum absolute atomic E-state index is 12.7. The van der Waals surface area contributed by atoms with Crippen LogP contribution in [-0.4, -0.2) is 4.98 Å². The van der Waals surface area contributed by atoms with Crippen LogP contribution in [0.25, 0.3) is 0 Å². The molecule has 0 spiro atoms. The summed E-state index contributed by atoms with van der Waals surface area (Å²) in [6, 6.07) is 10.1. The van der Waals surface area contributed by atoms with Crippen molar-refractivity contribution in [1.29, 1.82) is 0 Å². The van der Waals surface area contributed by atoms with Gasteiger partial charge in [-0.1, -0.05) is 24.3 Å². The van der Waals surface area contributed by atoms with Crippen molar-refractivity contribution in [1.82, 2.24) is 10.3 Å². The molecule has 24 heavy (non-hydrogen) atoms. The van der Waals surface area contributed by atoms with Crippen LogP contribution in [0.5, 0.6) is 0 Å². The summed E-state index contributed by atoms with van der Waals surface area (Å²) in [5.41, 5.74) is 1.08. The first kappa shape index (κ1) is 16.8. The molecule has 0 amide bonds. The lowest BCUT2D eigenvalue weighted by Gasteiger charge is -2.29. The first-order valence-electron chi connectivity index (χ1n) is 8.00. The van der Waals surface area contributed by atoms with Crippen molar-refractivity contribution in [3.05, 3.63) is 69.1 Å². The van der Waals surface area contributed by atoms with Gasteiger partial charge in [0, 0.05) is 17.6 Å². The number of pyridine rings is 1. The number of aromatic nitrogens is 1. The molecular formula is C18H19F3N2O. The van der Waals surface area contributed by atoms with Crippen LogP contribution >= 0.6 is 0 Å². The Balaban J connectivity index is 1.81. The van der Waals surface area contributed by atoms with E-state index in [4.69, 9.17) is 0 Å². The molecule has 2 N–H and O–H groups in total. The summed E-state index contributed by atoms with van der Waals surface area (Å²) in [5, 5.41) is 3.39. The topological polar surface area (TPSA) is 44.9 Å². The average molecular weight is 336 g/mol. The Labute approximate surface area is 137 Å². The molecule has 1 aliphatic rings. The molecule has 2 aromatic rings. The highest BCUT2D eigenvalue weighted by Crippen LogP contribution is 2.31. The van der Waals surface area contributed by atoms with Crippen molar-refractivity contribution in [2.75, 3.05) is 0 Å². The number of benzene rings is 1. The van der Waals surface area contributed by atoms with E-state index in [0.29, 0.717) is 5.56 Å². The van der Waals surface area contributed by atoms with Crippen LogP contribution in [0.4, 0.5) is 13.2 Å². The fourth-order valence-electron chi connectivity index (χ4n) is 3.31. The number of rotatable bonds is 3. The molecular weight excluding hydrogens is 317 g/mol. The summed E-state index contributed by atoms with van der Waals surface area (Å²) in [6.45, 7) is 1.80. The fourth-order valence-corrected chi connectivity index (χ4v) is 3.31. The zero-order valence-electron chi connectivity index (χ0n) is 13.3. The molecule has 0 unspecified atom stereocenters.